The second kappa shape index (κ2) is 5.53. The van der Waals surface area contributed by atoms with E-state index in [0.29, 0.717) is 16.3 Å². The van der Waals surface area contributed by atoms with Crippen LogP contribution in [0.25, 0.3) is 0 Å². The highest BCUT2D eigenvalue weighted by atomic mass is 35.5. The van der Waals surface area contributed by atoms with Crippen LogP contribution in [0.5, 0.6) is 5.75 Å². The first-order valence-electron chi connectivity index (χ1n) is 5.40. The minimum atomic E-state index is -0.127. The van der Waals surface area contributed by atoms with Gasteiger partial charge in [-0.3, -0.25) is 0 Å². The average Bonchev–Trinajstić information content (AvgIpc) is 3.08. The molecular formula is C12H15ClO3. The molecule has 0 amide bonds. The maximum absolute atomic E-state index is 9.15. The Morgan fingerprint density at radius 3 is 2.88 bits per heavy atom. The molecule has 0 saturated heterocycles. The molecule has 1 aromatic rings. The fourth-order valence-electron chi connectivity index (χ4n) is 1.43. The van der Waals surface area contributed by atoms with Crippen LogP contribution in [0.15, 0.2) is 18.2 Å². The van der Waals surface area contributed by atoms with Crippen molar-refractivity contribution in [3.05, 3.63) is 28.8 Å². The Morgan fingerprint density at radius 1 is 1.38 bits per heavy atom. The normalized spacial score (nSPS) is 15.1. The van der Waals surface area contributed by atoms with E-state index in [1.807, 2.05) is 0 Å². The molecule has 0 spiro atoms. The van der Waals surface area contributed by atoms with Crippen LogP contribution in [-0.2, 0) is 11.3 Å². The lowest BCUT2D eigenvalue weighted by Gasteiger charge is -2.11. The van der Waals surface area contributed by atoms with Crippen LogP contribution < -0.4 is 4.74 Å². The number of hydrogen-bond acceptors (Lipinski definition) is 3. The van der Waals surface area contributed by atoms with E-state index in [1.54, 1.807) is 18.2 Å². The first-order valence-corrected chi connectivity index (χ1v) is 5.78. The molecule has 4 heteroatoms. The molecule has 0 heterocycles. The lowest BCUT2D eigenvalue weighted by Crippen LogP contribution is -2.06. The van der Waals surface area contributed by atoms with Gasteiger partial charge in [0.25, 0.3) is 0 Å². The van der Waals surface area contributed by atoms with Crippen molar-refractivity contribution in [2.45, 2.75) is 19.4 Å². The van der Waals surface area contributed by atoms with Gasteiger partial charge in [-0.25, -0.2) is 0 Å². The van der Waals surface area contributed by atoms with Gasteiger partial charge < -0.3 is 14.6 Å². The zero-order valence-corrected chi connectivity index (χ0v) is 9.74. The molecule has 0 atom stereocenters. The largest absolute Gasteiger partial charge is 0.467 e. The Bertz CT molecular complexity index is 350. The Labute approximate surface area is 99.9 Å². The summed E-state index contributed by atoms with van der Waals surface area (Å²) >= 11 is 5.92. The van der Waals surface area contributed by atoms with Gasteiger partial charge in [0.05, 0.1) is 13.2 Å². The molecular weight excluding hydrogens is 228 g/mol. The summed E-state index contributed by atoms with van der Waals surface area (Å²) in [5, 5.41) is 9.66. The Morgan fingerprint density at radius 2 is 2.19 bits per heavy atom. The van der Waals surface area contributed by atoms with Gasteiger partial charge in [0.15, 0.2) is 6.79 Å². The van der Waals surface area contributed by atoms with Crippen molar-refractivity contribution >= 4 is 11.6 Å². The lowest BCUT2D eigenvalue weighted by atomic mass is 10.2. The van der Waals surface area contributed by atoms with Crippen LogP contribution in [0.2, 0.25) is 5.02 Å². The molecule has 1 N–H and O–H groups in total. The van der Waals surface area contributed by atoms with Gasteiger partial charge in [-0.15, -0.1) is 0 Å². The number of hydrogen-bond donors (Lipinski definition) is 1. The zero-order chi connectivity index (χ0) is 11.4. The van der Waals surface area contributed by atoms with Crippen molar-refractivity contribution in [3.63, 3.8) is 0 Å². The molecule has 1 saturated carbocycles. The van der Waals surface area contributed by atoms with E-state index in [9.17, 15) is 0 Å². The third kappa shape index (κ3) is 3.11. The van der Waals surface area contributed by atoms with Gasteiger partial charge in [-0.05, 0) is 30.9 Å². The summed E-state index contributed by atoms with van der Waals surface area (Å²) in [6.07, 6.45) is 2.53. The number of ether oxygens (including phenoxy) is 2. The summed E-state index contributed by atoms with van der Waals surface area (Å²) in [5.41, 5.74) is 0.610. The minimum Gasteiger partial charge on any atom is -0.467 e. The number of aliphatic hydroxyl groups excluding tert-OH is 1. The Balaban J connectivity index is 1.84. The van der Waals surface area contributed by atoms with Gasteiger partial charge in [0.1, 0.15) is 5.75 Å². The summed E-state index contributed by atoms with van der Waals surface area (Å²) in [7, 11) is 0. The minimum absolute atomic E-state index is 0.127. The van der Waals surface area contributed by atoms with E-state index < -0.39 is 0 Å². The van der Waals surface area contributed by atoms with E-state index in [2.05, 4.69) is 0 Å². The standard InChI is InChI=1S/C12H15ClO3/c13-11-2-1-3-12(10(11)6-14)16-8-15-7-9-4-5-9/h1-3,9,14H,4-8H2. The predicted molar refractivity (Wildman–Crippen MR) is 61.5 cm³/mol. The van der Waals surface area contributed by atoms with Gasteiger partial charge in [-0.1, -0.05) is 17.7 Å². The smallest absolute Gasteiger partial charge is 0.189 e. The number of rotatable bonds is 6. The molecule has 1 aromatic carbocycles. The van der Waals surface area contributed by atoms with Crippen LogP contribution >= 0.6 is 11.6 Å². The topological polar surface area (TPSA) is 38.7 Å². The van der Waals surface area contributed by atoms with Crippen LogP contribution in [0.1, 0.15) is 18.4 Å². The van der Waals surface area contributed by atoms with E-state index in [0.717, 1.165) is 12.5 Å². The molecule has 0 unspecified atom stereocenters. The van der Waals surface area contributed by atoms with Gasteiger partial charge in [-0.2, -0.15) is 0 Å². The van der Waals surface area contributed by atoms with Crippen molar-refractivity contribution in [1.29, 1.82) is 0 Å². The van der Waals surface area contributed by atoms with Crippen LogP contribution in [0, 0.1) is 5.92 Å². The third-order valence-corrected chi connectivity index (χ3v) is 2.94. The van der Waals surface area contributed by atoms with Crippen molar-refractivity contribution in [2.24, 2.45) is 5.92 Å². The fourth-order valence-corrected chi connectivity index (χ4v) is 1.66. The first-order chi connectivity index (χ1) is 7.81. The second-order valence-electron chi connectivity index (χ2n) is 3.95. The first kappa shape index (κ1) is 11.7. The zero-order valence-electron chi connectivity index (χ0n) is 8.99. The Kier molecular flexibility index (Phi) is 4.04. The van der Waals surface area contributed by atoms with Crippen LogP contribution in [0.3, 0.4) is 0 Å². The molecule has 0 aliphatic heterocycles. The second-order valence-corrected chi connectivity index (χ2v) is 4.36. The van der Waals surface area contributed by atoms with E-state index in [4.69, 9.17) is 26.2 Å². The summed E-state index contributed by atoms with van der Waals surface area (Å²) in [5.74, 6) is 1.31. The summed E-state index contributed by atoms with van der Waals surface area (Å²) in [4.78, 5) is 0. The fraction of sp³-hybridized carbons (Fsp3) is 0.500. The molecule has 16 heavy (non-hydrogen) atoms. The van der Waals surface area contributed by atoms with E-state index >= 15 is 0 Å². The summed E-state index contributed by atoms with van der Waals surface area (Å²) < 4.78 is 10.8. The van der Waals surface area contributed by atoms with Gasteiger partial charge in [0, 0.05) is 10.6 Å². The summed E-state index contributed by atoms with van der Waals surface area (Å²) in [6.45, 7) is 0.844. The molecule has 88 valence electrons. The number of halogens is 1. The predicted octanol–water partition coefficient (Wildman–Crippen LogP) is 2.60. The maximum atomic E-state index is 9.15. The average molecular weight is 243 g/mol. The van der Waals surface area contributed by atoms with Gasteiger partial charge in [0.2, 0.25) is 0 Å². The maximum Gasteiger partial charge on any atom is 0.189 e. The Hall–Kier alpha value is -0.770. The quantitative estimate of drug-likeness (QED) is 0.616. The molecule has 1 aliphatic rings. The van der Waals surface area contributed by atoms with Crippen LogP contribution in [-0.4, -0.2) is 18.5 Å². The monoisotopic (exact) mass is 242 g/mol. The molecule has 0 aromatic heterocycles. The molecule has 1 fully saturated rings. The molecule has 2 rings (SSSR count). The van der Waals surface area contributed by atoms with Crippen molar-refractivity contribution < 1.29 is 14.6 Å². The summed E-state index contributed by atoms with van der Waals surface area (Å²) in [6, 6.07) is 5.29. The highest BCUT2D eigenvalue weighted by Crippen LogP contribution is 2.29. The highest BCUT2D eigenvalue weighted by molar-refractivity contribution is 6.31. The number of aliphatic hydroxyl groups is 1. The van der Waals surface area contributed by atoms with E-state index in [-0.39, 0.29) is 13.4 Å². The molecule has 1 aliphatic carbocycles. The van der Waals surface area contributed by atoms with Crippen molar-refractivity contribution in [2.75, 3.05) is 13.4 Å². The lowest BCUT2D eigenvalue weighted by molar-refractivity contribution is 0.00892. The van der Waals surface area contributed by atoms with Gasteiger partial charge >= 0.3 is 0 Å². The highest BCUT2D eigenvalue weighted by Gasteiger charge is 2.21. The molecule has 3 nitrogen and oxygen atoms in total. The molecule has 0 radical (unpaired) electrons. The van der Waals surface area contributed by atoms with Crippen LogP contribution in [0.4, 0.5) is 0 Å². The SMILES string of the molecule is OCc1c(Cl)cccc1OCOCC1CC1. The number of benzene rings is 1. The van der Waals surface area contributed by atoms with Crippen molar-refractivity contribution in [3.8, 4) is 5.75 Å². The van der Waals surface area contributed by atoms with E-state index in [1.165, 1.54) is 12.8 Å². The molecule has 0 bridgehead atoms. The third-order valence-electron chi connectivity index (χ3n) is 2.58. The van der Waals surface area contributed by atoms with Crippen molar-refractivity contribution in [1.82, 2.24) is 0 Å².